The molecule has 8 rings (SSSR count). The molecule has 73 heavy (non-hydrogen) atoms. The number of carbonyl (C=O) groups excluding carboxylic acids is 1. The van der Waals surface area contributed by atoms with Gasteiger partial charge in [0.1, 0.15) is 48.5 Å². The highest BCUT2D eigenvalue weighted by Crippen LogP contribution is 2.37. The molecule has 0 bridgehead atoms. The number of rotatable bonds is 24. The number of carbonyl (C=O) groups is 1. The Morgan fingerprint density at radius 1 is 0.452 bits per heavy atom. The van der Waals surface area contributed by atoms with Gasteiger partial charge in [-0.2, -0.15) is 0 Å². The number of aliphatic hydroxyl groups is 1. The SMILES string of the molecule is COc1ccc(CO[C@H]2[C@@H](O)[C@@H](COCc3ccccc3)O[C@@H](O[C@H]3[C@H](OCc4ccccc4)[C@@H](OC(=O)C(C)(C)C)[C@H](OCc4ccccc4)O[C@@H]3COCc3ccccc3)[C@@H]2OCc2ccccc2)cc1. The largest absolute Gasteiger partial charge is 0.497 e. The molecule has 2 aliphatic rings. The van der Waals surface area contributed by atoms with E-state index in [1.807, 2.05) is 176 Å². The van der Waals surface area contributed by atoms with Gasteiger partial charge in [0.25, 0.3) is 0 Å². The summed E-state index contributed by atoms with van der Waals surface area (Å²) in [5, 5.41) is 12.4. The Bertz CT molecular complexity index is 2490. The first-order valence-corrected chi connectivity index (χ1v) is 24.9. The van der Waals surface area contributed by atoms with Crippen LogP contribution in [0.3, 0.4) is 0 Å². The van der Waals surface area contributed by atoms with E-state index in [0.717, 1.165) is 33.4 Å². The minimum Gasteiger partial charge on any atom is -0.497 e. The Morgan fingerprint density at radius 3 is 1.32 bits per heavy atom. The molecule has 386 valence electrons. The second-order valence-electron chi connectivity index (χ2n) is 19.2. The van der Waals surface area contributed by atoms with Crippen LogP contribution in [-0.2, 0) is 91.8 Å². The zero-order valence-electron chi connectivity index (χ0n) is 42.0. The summed E-state index contributed by atoms with van der Waals surface area (Å²) in [6.07, 6.45) is -10.9. The summed E-state index contributed by atoms with van der Waals surface area (Å²) in [6.45, 7) is 6.35. The predicted molar refractivity (Wildman–Crippen MR) is 273 cm³/mol. The van der Waals surface area contributed by atoms with E-state index in [9.17, 15) is 9.90 Å². The van der Waals surface area contributed by atoms with Crippen LogP contribution in [0.2, 0.25) is 0 Å². The van der Waals surface area contributed by atoms with Crippen molar-refractivity contribution in [3.8, 4) is 5.75 Å². The van der Waals surface area contributed by atoms with E-state index in [1.54, 1.807) is 27.9 Å². The lowest BCUT2D eigenvalue weighted by molar-refractivity contribution is -0.373. The molecule has 0 saturated carbocycles. The lowest BCUT2D eigenvalue weighted by Gasteiger charge is -2.49. The molecule has 2 fully saturated rings. The van der Waals surface area contributed by atoms with Crippen LogP contribution in [0.1, 0.15) is 54.2 Å². The second kappa shape index (κ2) is 26.9. The van der Waals surface area contributed by atoms with Gasteiger partial charge in [-0.15, -0.1) is 0 Å². The first-order valence-electron chi connectivity index (χ1n) is 24.9. The number of hydrogen-bond acceptors (Lipinski definition) is 13. The van der Waals surface area contributed by atoms with Crippen molar-refractivity contribution in [2.75, 3.05) is 20.3 Å². The average Bonchev–Trinajstić information content (AvgIpc) is 3.42. The van der Waals surface area contributed by atoms with Crippen molar-refractivity contribution in [1.82, 2.24) is 0 Å². The van der Waals surface area contributed by atoms with E-state index >= 15 is 0 Å². The van der Waals surface area contributed by atoms with Crippen molar-refractivity contribution in [1.29, 1.82) is 0 Å². The number of benzene rings is 6. The van der Waals surface area contributed by atoms with E-state index in [4.69, 9.17) is 52.1 Å². The quantitative estimate of drug-likeness (QED) is 0.0577. The Balaban J connectivity index is 1.19. The van der Waals surface area contributed by atoms with Crippen molar-refractivity contribution in [2.24, 2.45) is 5.41 Å². The van der Waals surface area contributed by atoms with Gasteiger partial charge in [-0.1, -0.05) is 164 Å². The highest BCUT2D eigenvalue weighted by molar-refractivity contribution is 5.75. The zero-order valence-corrected chi connectivity index (χ0v) is 42.0. The van der Waals surface area contributed by atoms with Crippen LogP contribution < -0.4 is 4.74 Å². The minimum absolute atomic E-state index is 0.00178. The fraction of sp³-hybridized carbons (Fsp3) is 0.383. The molecule has 6 aromatic rings. The monoisotopic (exact) mass is 996 g/mol. The van der Waals surface area contributed by atoms with Crippen LogP contribution in [0.25, 0.3) is 0 Å². The third kappa shape index (κ3) is 15.6. The molecular weight excluding hydrogens is 929 g/mol. The van der Waals surface area contributed by atoms with Crippen LogP contribution in [0.4, 0.5) is 0 Å². The Kier molecular flexibility index (Phi) is 19.7. The molecule has 0 aromatic heterocycles. The van der Waals surface area contributed by atoms with Gasteiger partial charge in [0.2, 0.25) is 0 Å². The van der Waals surface area contributed by atoms with Gasteiger partial charge in [0, 0.05) is 0 Å². The van der Waals surface area contributed by atoms with Gasteiger partial charge < -0.3 is 57.2 Å². The van der Waals surface area contributed by atoms with Gasteiger partial charge in [-0.3, -0.25) is 4.79 Å². The van der Waals surface area contributed by atoms with Crippen LogP contribution in [0.15, 0.2) is 176 Å². The zero-order chi connectivity index (χ0) is 50.8. The molecule has 10 atom stereocenters. The standard InChI is InChI=1S/C60H68O13/c1-60(2,3)59(62)73-56-54(67-36-44-24-14-7-15-25-44)52(50(41-65-35-43-22-12-6-13-23-43)71-57(56)69-39-46-28-18-9-19-29-46)72-58-55(68-37-45-26-16-8-17-27-45)53(66-38-47-30-32-48(63-4)33-31-47)51(61)49(70-58)40-64-34-42-20-10-5-11-21-42/h5-33,49-58,61H,34-41H2,1-4H3/t49-,50-,51+,52-,53+,54+,55-,56-,57-,58+/m1/s1. The van der Waals surface area contributed by atoms with Crippen LogP contribution in [-0.4, -0.2) is 92.8 Å². The van der Waals surface area contributed by atoms with E-state index in [-0.39, 0.29) is 52.9 Å². The molecule has 0 amide bonds. The summed E-state index contributed by atoms with van der Waals surface area (Å²) in [5.41, 5.74) is 4.46. The molecule has 0 aliphatic carbocycles. The molecule has 2 saturated heterocycles. The summed E-state index contributed by atoms with van der Waals surface area (Å²) < 4.78 is 72.9. The molecule has 6 aromatic carbocycles. The number of methoxy groups -OCH3 is 1. The molecule has 2 heterocycles. The highest BCUT2D eigenvalue weighted by Gasteiger charge is 2.55. The van der Waals surface area contributed by atoms with Gasteiger partial charge in [0.15, 0.2) is 18.7 Å². The molecule has 13 heteroatoms. The predicted octanol–water partition coefficient (Wildman–Crippen LogP) is 9.56. The maximum absolute atomic E-state index is 14.1. The second-order valence-corrected chi connectivity index (χ2v) is 19.2. The van der Waals surface area contributed by atoms with Gasteiger partial charge in [0.05, 0.1) is 65.4 Å². The maximum Gasteiger partial charge on any atom is 0.311 e. The summed E-state index contributed by atoms with van der Waals surface area (Å²) in [4.78, 5) is 14.1. The molecule has 0 spiro atoms. The lowest BCUT2D eigenvalue weighted by atomic mass is 9.94. The topological polar surface area (TPSA) is 139 Å². The summed E-state index contributed by atoms with van der Waals surface area (Å²) in [7, 11) is 1.61. The van der Waals surface area contributed by atoms with Crippen molar-refractivity contribution in [3.63, 3.8) is 0 Å². The Morgan fingerprint density at radius 2 is 0.849 bits per heavy atom. The van der Waals surface area contributed by atoms with Gasteiger partial charge in [-0.05, 0) is 66.3 Å². The molecular formula is C60H68O13. The Hall–Kier alpha value is -5.81. The van der Waals surface area contributed by atoms with E-state index in [1.165, 1.54) is 0 Å². The molecule has 0 unspecified atom stereocenters. The number of ether oxygens (including phenoxy) is 11. The highest BCUT2D eigenvalue weighted by atomic mass is 16.8. The number of aliphatic hydroxyl groups excluding tert-OH is 1. The summed E-state index contributed by atoms with van der Waals surface area (Å²) in [6, 6.07) is 56.2. The van der Waals surface area contributed by atoms with Crippen LogP contribution in [0.5, 0.6) is 5.75 Å². The van der Waals surface area contributed by atoms with Gasteiger partial charge in [-0.25, -0.2) is 0 Å². The number of esters is 1. The summed E-state index contributed by atoms with van der Waals surface area (Å²) in [5.74, 6) is 0.201. The maximum atomic E-state index is 14.1. The fourth-order valence-electron chi connectivity index (χ4n) is 8.52. The molecule has 1 N–H and O–H groups in total. The molecule has 0 radical (unpaired) electrons. The van der Waals surface area contributed by atoms with E-state index in [0.29, 0.717) is 5.75 Å². The first-order chi connectivity index (χ1) is 35.6. The lowest BCUT2D eigenvalue weighted by Crippen LogP contribution is -2.66. The molecule has 2 aliphatic heterocycles. The van der Waals surface area contributed by atoms with Crippen molar-refractivity contribution < 1.29 is 62.0 Å². The number of hydrogen-bond donors (Lipinski definition) is 1. The van der Waals surface area contributed by atoms with Crippen molar-refractivity contribution in [2.45, 2.75) is 122 Å². The normalized spacial score (nSPS) is 24.2. The van der Waals surface area contributed by atoms with E-state index < -0.39 is 72.8 Å². The Labute approximate surface area is 429 Å². The summed E-state index contributed by atoms with van der Waals surface area (Å²) >= 11 is 0. The minimum atomic E-state index is -1.26. The van der Waals surface area contributed by atoms with Gasteiger partial charge >= 0.3 is 5.97 Å². The first kappa shape index (κ1) is 53.5. The van der Waals surface area contributed by atoms with Crippen molar-refractivity contribution in [3.05, 3.63) is 209 Å². The molecule has 13 nitrogen and oxygen atoms in total. The van der Waals surface area contributed by atoms with E-state index in [2.05, 4.69) is 0 Å². The third-order valence-electron chi connectivity index (χ3n) is 12.6. The average molecular weight is 997 g/mol. The van der Waals surface area contributed by atoms with Crippen molar-refractivity contribution >= 4 is 5.97 Å². The van der Waals surface area contributed by atoms with Crippen LogP contribution >= 0.6 is 0 Å². The van der Waals surface area contributed by atoms with Crippen LogP contribution in [0, 0.1) is 5.41 Å². The fourth-order valence-corrected chi connectivity index (χ4v) is 8.52. The third-order valence-corrected chi connectivity index (χ3v) is 12.6. The smallest absolute Gasteiger partial charge is 0.311 e.